The summed E-state index contributed by atoms with van der Waals surface area (Å²) in [7, 11) is 0. The van der Waals surface area contributed by atoms with Crippen LogP contribution in [0.25, 0.3) is 0 Å². The number of carbonyl (C=O) groups is 1. The Bertz CT molecular complexity index is 659. The van der Waals surface area contributed by atoms with Gasteiger partial charge in [-0.05, 0) is 31.0 Å². The minimum Gasteiger partial charge on any atom is -0.373 e. The highest BCUT2D eigenvalue weighted by atomic mass is 32.1. The molecule has 22 heavy (non-hydrogen) atoms. The van der Waals surface area contributed by atoms with E-state index < -0.39 is 0 Å². The lowest BCUT2D eigenvalue weighted by Crippen LogP contribution is -2.30. The van der Waals surface area contributed by atoms with Crippen LogP contribution in [0.5, 0.6) is 0 Å². The largest absolute Gasteiger partial charge is 0.373 e. The van der Waals surface area contributed by atoms with E-state index in [1.807, 2.05) is 6.92 Å². The molecule has 0 unspecified atom stereocenters. The van der Waals surface area contributed by atoms with Gasteiger partial charge in [0.15, 0.2) is 0 Å². The zero-order chi connectivity index (χ0) is 15.5. The van der Waals surface area contributed by atoms with Crippen molar-refractivity contribution in [3.8, 4) is 0 Å². The summed E-state index contributed by atoms with van der Waals surface area (Å²) >= 11 is 1.27. The zero-order valence-electron chi connectivity index (χ0n) is 12.1. The number of nitrogens with zero attached hydrogens (tertiary/aromatic N) is 2. The first kappa shape index (κ1) is 15.1. The Morgan fingerprint density at radius 3 is 2.86 bits per heavy atom. The van der Waals surface area contributed by atoms with Gasteiger partial charge in [0, 0.05) is 19.1 Å². The molecule has 0 saturated carbocycles. The summed E-state index contributed by atoms with van der Waals surface area (Å²) in [5.74, 6) is -0.308. The highest BCUT2D eigenvalue weighted by Gasteiger charge is 2.30. The van der Waals surface area contributed by atoms with Crippen molar-refractivity contribution in [2.75, 3.05) is 13.2 Å². The molecule has 5 nitrogen and oxygen atoms in total. The quantitative estimate of drug-likeness (QED) is 0.940. The number of amides is 1. The molecule has 7 heteroatoms. The van der Waals surface area contributed by atoms with Crippen molar-refractivity contribution in [3.05, 3.63) is 45.7 Å². The van der Waals surface area contributed by atoms with E-state index in [9.17, 15) is 9.18 Å². The number of nitrogens with one attached hydrogen (secondary N) is 1. The zero-order valence-corrected chi connectivity index (χ0v) is 12.9. The summed E-state index contributed by atoms with van der Waals surface area (Å²) in [6.07, 6.45) is 0.745. The molecular formula is C15H16FN3O2S. The molecule has 1 aromatic heterocycles. The fourth-order valence-electron chi connectivity index (χ4n) is 2.55. The second-order valence-corrected chi connectivity index (χ2v) is 6.41. The monoisotopic (exact) mass is 321 g/mol. The Hall–Kier alpha value is -1.86. The highest BCUT2D eigenvalue weighted by Crippen LogP contribution is 2.34. The summed E-state index contributed by atoms with van der Waals surface area (Å²) in [6.45, 7) is 2.95. The average molecular weight is 321 g/mol. The van der Waals surface area contributed by atoms with Gasteiger partial charge in [0.25, 0.3) is 5.91 Å². The van der Waals surface area contributed by atoms with Crippen molar-refractivity contribution in [1.29, 1.82) is 0 Å². The van der Waals surface area contributed by atoms with E-state index in [0.717, 1.165) is 17.0 Å². The maximum atomic E-state index is 13.0. The number of benzene rings is 1. The van der Waals surface area contributed by atoms with E-state index in [0.29, 0.717) is 18.2 Å². The van der Waals surface area contributed by atoms with Gasteiger partial charge in [0.2, 0.25) is 5.01 Å². The van der Waals surface area contributed by atoms with Crippen molar-refractivity contribution in [2.24, 2.45) is 5.92 Å². The third kappa shape index (κ3) is 3.31. The molecule has 2 atom stereocenters. The Kier molecular flexibility index (Phi) is 4.44. The van der Waals surface area contributed by atoms with E-state index in [2.05, 4.69) is 15.5 Å². The number of aryl methyl sites for hydroxylation is 1. The van der Waals surface area contributed by atoms with Crippen LogP contribution in [0.3, 0.4) is 0 Å². The first-order chi connectivity index (χ1) is 10.6. The van der Waals surface area contributed by atoms with Crippen LogP contribution in [-0.2, 0) is 4.74 Å². The van der Waals surface area contributed by atoms with Gasteiger partial charge in [-0.1, -0.05) is 23.5 Å². The van der Waals surface area contributed by atoms with Crippen molar-refractivity contribution in [2.45, 2.75) is 19.4 Å². The molecule has 0 radical (unpaired) electrons. The molecule has 3 rings (SSSR count). The first-order valence-electron chi connectivity index (χ1n) is 7.09. The fourth-order valence-corrected chi connectivity index (χ4v) is 3.16. The molecule has 2 heterocycles. The maximum absolute atomic E-state index is 13.0. The number of aromatic nitrogens is 2. The summed E-state index contributed by atoms with van der Waals surface area (Å²) in [6, 6.07) is 6.32. The Morgan fingerprint density at radius 2 is 2.18 bits per heavy atom. The number of hydrogen-bond acceptors (Lipinski definition) is 5. The van der Waals surface area contributed by atoms with Gasteiger partial charge in [-0.15, -0.1) is 10.2 Å². The molecule has 2 aromatic rings. The van der Waals surface area contributed by atoms with Crippen molar-refractivity contribution >= 4 is 17.2 Å². The number of hydrogen-bond donors (Lipinski definition) is 1. The molecular weight excluding hydrogens is 305 g/mol. The maximum Gasteiger partial charge on any atom is 0.282 e. The second-order valence-electron chi connectivity index (χ2n) is 5.23. The summed E-state index contributed by atoms with van der Waals surface area (Å²) in [4.78, 5) is 12.0. The molecule has 1 amide bonds. The molecule has 0 spiro atoms. The lowest BCUT2D eigenvalue weighted by molar-refractivity contribution is 0.0845. The lowest BCUT2D eigenvalue weighted by atomic mass is 9.95. The standard InChI is InChI=1S/C15H16FN3O2S/c1-9-18-19-15(22-9)14(20)17-8-11-6-7-21-13(11)10-2-4-12(16)5-3-10/h2-5,11,13H,6-8H2,1H3,(H,17,20)/t11-,13-/m0/s1. The van der Waals surface area contributed by atoms with Crippen molar-refractivity contribution in [3.63, 3.8) is 0 Å². The lowest BCUT2D eigenvalue weighted by Gasteiger charge is -2.19. The number of halogens is 1. The van der Waals surface area contributed by atoms with E-state index in [1.54, 1.807) is 12.1 Å². The predicted octanol–water partition coefficient (Wildman–Crippen LogP) is 2.49. The summed E-state index contributed by atoms with van der Waals surface area (Å²) in [5, 5.41) is 11.7. The minimum absolute atomic E-state index is 0.114. The van der Waals surface area contributed by atoms with Crippen LogP contribution in [0.4, 0.5) is 4.39 Å². The molecule has 0 aliphatic carbocycles. The summed E-state index contributed by atoms with van der Waals surface area (Å²) < 4.78 is 18.7. The van der Waals surface area contributed by atoms with Gasteiger partial charge < -0.3 is 10.1 Å². The van der Waals surface area contributed by atoms with Crippen LogP contribution >= 0.6 is 11.3 Å². The van der Waals surface area contributed by atoms with E-state index in [-0.39, 0.29) is 23.7 Å². The van der Waals surface area contributed by atoms with Gasteiger partial charge in [0.1, 0.15) is 10.8 Å². The normalized spacial score (nSPS) is 21.0. The molecule has 1 aliphatic rings. The molecule has 0 bridgehead atoms. The van der Waals surface area contributed by atoms with E-state index in [1.165, 1.54) is 23.5 Å². The van der Waals surface area contributed by atoms with Crippen molar-refractivity contribution in [1.82, 2.24) is 15.5 Å². The molecule has 1 saturated heterocycles. The molecule has 1 aliphatic heterocycles. The smallest absolute Gasteiger partial charge is 0.282 e. The number of carbonyl (C=O) groups excluding carboxylic acids is 1. The van der Waals surface area contributed by atoms with Gasteiger partial charge >= 0.3 is 0 Å². The Labute approximate surface area is 131 Å². The topological polar surface area (TPSA) is 64.1 Å². The van der Waals surface area contributed by atoms with Crippen LogP contribution in [0.1, 0.15) is 32.9 Å². The third-order valence-electron chi connectivity index (χ3n) is 3.66. The predicted molar refractivity (Wildman–Crippen MR) is 80.2 cm³/mol. The number of ether oxygens (including phenoxy) is 1. The fraction of sp³-hybridized carbons (Fsp3) is 0.400. The first-order valence-corrected chi connectivity index (χ1v) is 7.90. The van der Waals surface area contributed by atoms with Crippen LogP contribution in [0, 0.1) is 18.7 Å². The SMILES string of the molecule is Cc1nnc(C(=O)NC[C@@H]2CCO[C@H]2c2ccc(F)cc2)s1. The molecule has 1 fully saturated rings. The summed E-state index contributed by atoms with van der Waals surface area (Å²) in [5.41, 5.74) is 0.935. The van der Waals surface area contributed by atoms with Crippen LogP contribution in [0.2, 0.25) is 0 Å². The molecule has 116 valence electrons. The Balaban J connectivity index is 1.61. The van der Waals surface area contributed by atoms with Gasteiger partial charge in [-0.2, -0.15) is 0 Å². The van der Waals surface area contributed by atoms with Gasteiger partial charge in [0.05, 0.1) is 6.10 Å². The van der Waals surface area contributed by atoms with Crippen molar-refractivity contribution < 1.29 is 13.9 Å². The molecule has 1 N–H and O–H groups in total. The van der Waals surface area contributed by atoms with E-state index >= 15 is 0 Å². The number of rotatable bonds is 4. The van der Waals surface area contributed by atoms with E-state index in [4.69, 9.17) is 4.74 Å². The molecule has 1 aromatic carbocycles. The Morgan fingerprint density at radius 1 is 1.41 bits per heavy atom. The third-order valence-corrected chi connectivity index (χ3v) is 4.50. The van der Waals surface area contributed by atoms with Crippen LogP contribution in [-0.4, -0.2) is 29.3 Å². The van der Waals surface area contributed by atoms with Gasteiger partial charge in [-0.3, -0.25) is 4.79 Å². The van der Waals surface area contributed by atoms with Gasteiger partial charge in [-0.25, -0.2) is 4.39 Å². The minimum atomic E-state index is -0.266. The second kappa shape index (κ2) is 6.50. The highest BCUT2D eigenvalue weighted by molar-refractivity contribution is 7.13. The van der Waals surface area contributed by atoms with Crippen LogP contribution in [0.15, 0.2) is 24.3 Å². The average Bonchev–Trinajstić information content (AvgIpc) is 3.14. The van der Waals surface area contributed by atoms with Crippen LogP contribution < -0.4 is 5.32 Å².